The minimum Gasteiger partial charge on any atom is -0.307 e. The van der Waals surface area contributed by atoms with Crippen LogP contribution in [0, 0.1) is 0 Å². The molecular weight excluding hydrogens is 425 g/mol. The second-order valence-corrected chi connectivity index (χ2v) is 6.34. The Bertz CT molecular complexity index is 797. The number of urea groups is 1. The number of benzene rings is 2. The number of halogens is 4. The molecule has 0 fully saturated rings. The SMILES string of the molecule is CC.CC.CC.CCC1(c2ccccc2)c2cc(Cl)ccc2NC(=O)N1CC(F)(F)F. The Balaban J connectivity index is 0.00000138. The van der Waals surface area contributed by atoms with E-state index >= 15 is 0 Å². The van der Waals surface area contributed by atoms with Crippen LogP contribution in [0.2, 0.25) is 5.02 Å². The topological polar surface area (TPSA) is 32.3 Å². The molecular formula is C24H34ClF3N2O. The lowest BCUT2D eigenvalue weighted by Crippen LogP contribution is -2.57. The zero-order valence-electron chi connectivity index (χ0n) is 19.4. The summed E-state index contributed by atoms with van der Waals surface area (Å²) in [4.78, 5) is 13.4. The molecule has 174 valence electrons. The van der Waals surface area contributed by atoms with Crippen molar-refractivity contribution in [3.8, 4) is 0 Å². The second-order valence-electron chi connectivity index (χ2n) is 5.90. The molecule has 3 rings (SSSR count). The molecule has 1 aliphatic heterocycles. The van der Waals surface area contributed by atoms with E-state index in [1.807, 2.05) is 41.5 Å². The number of anilines is 1. The zero-order chi connectivity index (χ0) is 24.2. The fraction of sp³-hybridized carbons (Fsp3) is 0.458. The summed E-state index contributed by atoms with van der Waals surface area (Å²) in [5.74, 6) is 0. The van der Waals surface area contributed by atoms with Crippen molar-refractivity contribution in [2.45, 2.75) is 66.6 Å². The molecule has 0 saturated carbocycles. The summed E-state index contributed by atoms with van der Waals surface area (Å²) in [6.45, 7) is 12.4. The highest BCUT2D eigenvalue weighted by atomic mass is 35.5. The van der Waals surface area contributed by atoms with Crippen molar-refractivity contribution in [1.29, 1.82) is 0 Å². The van der Waals surface area contributed by atoms with Gasteiger partial charge in [-0.3, -0.25) is 0 Å². The predicted octanol–water partition coefficient (Wildman–Crippen LogP) is 8.48. The maximum Gasteiger partial charge on any atom is 0.406 e. The van der Waals surface area contributed by atoms with Gasteiger partial charge in [0.15, 0.2) is 0 Å². The van der Waals surface area contributed by atoms with Crippen molar-refractivity contribution < 1.29 is 18.0 Å². The van der Waals surface area contributed by atoms with Gasteiger partial charge in [-0.1, -0.05) is 90.4 Å². The highest BCUT2D eigenvalue weighted by Crippen LogP contribution is 2.47. The van der Waals surface area contributed by atoms with E-state index in [2.05, 4.69) is 5.32 Å². The van der Waals surface area contributed by atoms with Crippen LogP contribution in [-0.4, -0.2) is 23.7 Å². The third kappa shape index (κ3) is 6.63. The van der Waals surface area contributed by atoms with E-state index in [1.54, 1.807) is 55.5 Å². The van der Waals surface area contributed by atoms with Gasteiger partial charge in [-0.05, 0) is 30.2 Å². The average molecular weight is 459 g/mol. The number of nitrogens with one attached hydrogen (secondary N) is 1. The van der Waals surface area contributed by atoms with E-state index < -0.39 is 24.3 Å². The molecule has 2 aromatic rings. The number of rotatable bonds is 3. The molecule has 1 aliphatic rings. The predicted molar refractivity (Wildman–Crippen MR) is 125 cm³/mol. The summed E-state index contributed by atoms with van der Waals surface area (Å²) >= 11 is 6.11. The number of hydrogen-bond donors (Lipinski definition) is 1. The van der Waals surface area contributed by atoms with Crippen LogP contribution in [0.25, 0.3) is 0 Å². The van der Waals surface area contributed by atoms with Crippen LogP contribution in [0.15, 0.2) is 48.5 Å². The van der Waals surface area contributed by atoms with Crippen molar-refractivity contribution in [2.75, 3.05) is 11.9 Å². The van der Waals surface area contributed by atoms with E-state index in [-0.39, 0.29) is 6.42 Å². The molecule has 0 radical (unpaired) electrons. The van der Waals surface area contributed by atoms with Crippen LogP contribution in [0.4, 0.5) is 23.7 Å². The summed E-state index contributed by atoms with van der Waals surface area (Å²) in [6, 6.07) is 12.8. The Morgan fingerprint density at radius 3 is 2.00 bits per heavy atom. The van der Waals surface area contributed by atoms with Crippen molar-refractivity contribution in [3.63, 3.8) is 0 Å². The maximum absolute atomic E-state index is 13.2. The molecule has 0 spiro atoms. The number of carbonyl (C=O) groups is 1. The molecule has 1 atom stereocenters. The summed E-state index contributed by atoms with van der Waals surface area (Å²) < 4.78 is 39.6. The number of fused-ring (bicyclic) bond motifs is 1. The first kappa shape index (κ1) is 28.8. The first-order valence-corrected chi connectivity index (χ1v) is 11.2. The zero-order valence-corrected chi connectivity index (χ0v) is 20.2. The minimum absolute atomic E-state index is 0.272. The normalized spacial score (nSPS) is 16.9. The van der Waals surface area contributed by atoms with Crippen LogP contribution >= 0.6 is 11.6 Å². The fourth-order valence-corrected chi connectivity index (χ4v) is 3.64. The Hall–Kier alpha value is -2.21. The molecule has 2 amide bonds. The van der Waals surface area contributed by atoms with Gasteiger partial charge in [-0.15, -0.1) is 0 Å². The first-order chi connectivity index (χ1) is 14.8. The smallest absolute Gasteiger partial charge is 0.307 e. The molecule has 1 N–H and O–H groups in total. The largest absolute Gasteiger partial charge is 0.406 e. The molecule has 31 heavy (non-hydrogen) atoms. The van der Waals surface area contributed by atoms with Crippen LogP contribution in [0.5, 0.6) is 0 Å². The summed E-state index contributed by atoms with van der Waals surface area (Å²) in [7, 11) is 0. The van der Waals surface area contributed by atoms with Gasteiger partial charge in [-0.25, -0.2) is 4.79 Å². The minimum atomic E-state index is -4.53. The summed E-state index contributed by atoms with van der Waals surface area (Å²) in [5, 5.41) is 2.95. The van der Waals surface area contributed by atoms with Crippen molar-refractivity contribution in [1.82, 2.24) is 4.90 Å². The molecule has 0 bridgehead atoms. The maximum atomic E-state index is 13.2. The Labute approximate surface area is 189 Å². The molecule has 7 heteroatoms. The Morgan fingerprint density at radius 2 is 1.52 bits per heavy atom. The third-order valence-corrected chi connectivity index (χ3v) is 4.71. The molecule has 1 heterocycles. The van der Waals surface area contributed by atoms with Gasteiger partial charge in [0.1, 0.15) is 6.54 Å². The highest BCUT2D eigenvalue weighted by molar-refractivity contribution is 6.30. The van der Waals surface area contributed by atoms with E-state index in [9.17, 15) is 18.0 Å². The van der Waals surface area contributed by atoms with Gasteiger partial charge in [0.2, 0.25) is 0 Å². The number of alkyl halides is 3. The highest BCUT2D eigenvalue weighted by Gasteiger charge is 2.50. The number of hydrogen-bond acceptors (Lipinski definition) is 1. The van der Waals surface area contributed by atoms with Gasteiger partial charge >= 0.3 is 12.2 Å². The number of nitrogens with zero attached hydrogens (tertiary/aromatic N) is 1. The lowest BCUT2D eigenvalue weighted by Gasteiger charge is -2.48. The quantitative estimate of drug-likeness (QED) is 0.491. The van der Waals surface area contributed by atoms with Crippen LogP contribution in [0.1, 0.15) is 66.0 Å². The average Bonchev–Trinajstić information content (AvgIpc) is 2.79. The van der Waals surface area contributed by atoms with Gasteiger partial charge in [0.05, 0.1) is 5.54 Å². The number of amides is 2. The van der Waals surface area contributed by atoms with E-state index in [0.717, 1.165) is 4.90 Å². The van der Waals surface area contributed by atoms with Crippen LogP contribution < -0.4 is 5.32 Å². The van der Waals surface area contributed by atoms with Gasteiger partial charge in [0, 0.05) is 16.3 Å². The van der Waals surface area contributed by atoms with E-state index in [1.165, 1.54) is 0 Å². The van der Waals surface area contributed by atoms with Crippen molar-refractivity contribution in [2.24, 2.45) is 0 Å². The molecule has 0 aromatic heterocycles. The van der Waals surface area contributed by atoms with Gasteiger partial charge < -0.3 is 10.2 Å². The lowest BCUT2D eigenvalue weighted by atomic mass is 9.77. The van der Waals surface area contributed by atoms with Gasteiger partial charge in [0.25, 0.3) is 0 Å². The molecule has 1 unspecified atom stereocenters. The Morgan fingerprint density at radius 1 is 0.968 bits per heavy atom. The van der Waals surface area contributed by atoms with E-state index in [0.29, 0.717) is 21.8 Å². The number of carbonyl (C=O) groups excluding carboxylic acids is 1. The molecule has 0 aliphatic carbocycles. The van der Waals surface area contributed by atoms with Gasteiger partial charge in [-0.2, -0.15) is 13.2 Å². The summed E-state index contributed by atoms with van der Waals surface area (Å²) in [6.07, 6.45) is -4.25. The molecule has 0 saturated heterocycles. The third-order valence-electron chi connectivity index (χ3n) is 4.48. The first-order valence-electron chi connectivity index (χ1n) is 10.8. The molecule has 2 aromatic carbocycles. The fourth-order valence-electron chi connectivity index (χ4n) is 3.47. The summed E-state index contributed by atoms with van der Waals surface area (Å²) in [5.41, 5.74) is 0.385. The van der Waals surface area contributed by atoms with Crippen molar-refractivity contribution >= 4 is 23.3 Å². The monoisotopic (exact) mass is 458 g/mol. The van der Waals surface area contributed by atoms with Crippen LogP contribution in [0.3, 0.4) is 0 Å². The van der Waals surface area contributed by atoms with E-state index in [4.69, 9.17) is 11.6 Å². The Kier molecular flexibility index (Phi) is 12.3. The van der Waals surface area contributed by atoms with Crippen molar-refractivity contribution in [3.05, 3.63) is 64.7 Å². The standard InChI is InChI=1S/C18H16ClF3N2O.3C2H6/c1-2-17(12-6-4-3-5-7-12)14-10-13(19)8-9-15(14)23-16(25)24(17)11-18(20,21)22;3*1-2/h3-10H,2,11H2,1H3,(H,23,25);3*1-2H3. The van der Waals surface area contributed by atoms with Crippen LogP contribution in [-0.2, 0) is 5.54 Å². The second kappa shape index (κ2) is 13.3. The lowest BCUT2D eigenvalue weighted by molar-refractivity contribution is -0.148. The molecule has 3 nitrogen and oxygen atoms in total.